The van der Waals surface area contributed by atoms with E-state index in [1.807, 2.05) is 49.4 Å². The number of hydrogen-bond acceptors (Lipinski definition) is 5. The van der Waals surface area contributed by atoms with Gasteiger partial charge in [-0.05, 0) is 36.8 Å². The molecule has 0 saturated heterocycles. The molecule has 0 fully saturated rings. The number of fused-ring (bicyclic) bond motifs is 1. The molecule has 28 heavy (non-hydrogen) atoms. The highest BCUT2D eigenvalue weighted by atomic mass is 16.5. The van der Waals surface area contributed by atoms with Crippen molar-refractivity contribution in [1.29, 1.82) is 0 Å². The van der Waals surface area contributed by atoms with Crippen LogP contribution < -0.4 is 15.4 Å². The number of amides is 2. The Balaban J connectivity index is 1.42. The molecule has 8 nitrogen and oxygen atoms in total. The largest absolute Gasteiger partial charge is 0.484 e. The van der Waals surface area contributed by atoms with Gasteiger partial charge in [-0.25, -0.2) is 4.68 Å². The maximum Gasteiger partial charge on any atom is 0.262 e. The molecular formula is C20H19N5O3. The highest BCUT2D eigenvalue weighted by Gasteiger charge is 2.27. The minimum atomic E-state index is -0.267. The topological polar surface area (TPSA) is 98.1 Å². The van der Waals surface area contributed by atoms with E-state index >= 15 is 0 Å². The maximum absolute atomic E-state index is 12.1. The van der Waals surface area contributed by atoms with E-state index in [1.54, 1.807) is 10.7 Å². The molecule has 142 valence electrons. The molecule has 0 bridgehead atoms. The second-order valence-electron chi connectivity index (χ2n) is 6.57. The average Bonchev–Trinajstić information content (AvgIpc) is 3.16. The average molecular weight is 377 g/mol. The Kier molecular flexibility index (Phi) is 4.76. The van der Waals surface area contributed by atoms with Crippen molar-refractivity contribution >= 4 is 23.5 Å². The fourth-order valence-corrected chi connectivity index (χ4v) is 3.06. The molecule has 4 rings (SSSR count). The van der Waals surface area contributed by atoms with Gasteiger partial charge in [-0.3, -0.25) is 14.9 Å². The van der Waals surface area contributed by atoms with E-state index in [-0.39, 0.29) is 30.9 Å². The lowest BCUT2D eigenvalue weighted by Crippen LogP contribution is -2.29. The van der Waals surface area contributed by atoms with Crippen LogP contribution in [0.4, 0.5) is 11.6 Å². The third kappa shape index (κ3) is 3.85. The van der Waals surface area contributed by atoms with Crippen LogP contribution in [0.1, 0.15) is 23.6 Å². The number of ether oxygens (including phenoxy) is 1. The number of benzene rings is 2. The van der Waals surface area contributed by atoms with Crippen LogP contribution in [-0.4, -0.2) is 33.2 Å². The van der Waals surface area contributed by atoms with E-state index in [2.05, 4.69) is 20.7 Å². The summed E-state index contributed by atoms with van der Waals surface area (Å²) in [7, 11) is 0. The van der Waals surface area contributed by atoms with Crippen LogP contribution in [-0.2, 0) is 9.59 Å². The Labute approximate surface area is 161 Å². The standard InChI is InChI=1S/C20H19N5O3/c1-13-5-7-15(8-6-13)23-19(27)11-28-16-4-2-3-14(9-16)17-10-18(26)24-20-21-12-22-25(17)20/h2-9,12,17H,10-11H2,1H3,(H,23,27)(H,21,22,24,26)/t17-/m0/s1. The van der Waals surface area contributed by atoms with Crippen LogP contribution in [0.2, 0.25) is 0 Å². The highest BCUT2D eigenvalue weighted by Crippen LogP contribution is 2.30. The zero-order valence-electron chi connectivity index (χ0n) is 15.3. The Bertz CT molecular complexity index is 1010. The summed E-state index contributed by atoms with van der Waals surface area (Å²) in [6.45, 7) is 1.87. The van der Waals surface area contributed by atoms with Crippen LogP contribution in [0.3, 0.4) is 0 Å². The fraction of sp³-hybridized carbons (Fsp3) is 0.200. The highest BCUT2D eigenvalue weighted by molar-refractivity contribution is 5.92. The monoisotopic (exact) mass is 377 g/mol. The van der Waals surface area contributed by atoms with Gasteiger partial charge in [-0.15, -0.1) is 0 Å². The van der Waals surface area contributed by atoms with Gasteiger partial charge in [0.25, 0.3) is 5.91 Å². The maximum atomic E-state index is 12.1. The molecule has 2 heterocycles. The predicted molar refractivity (Wildman–Crippen MR) is 103 cm³/mol. The number of carbonyl (C=O) groups excluding carboxylic acids is 2. The zero-order valence-corrected chi connectivity index (χ0v) is 15.3. The Morgan fingerprint density at radius 3 is 2.93 bits per heavy atom. The van der Waals surface area contributed by atoms with Gasteiger partial charge in [0.05, 0.1) is 12.5 Å². The van der Waals surface area contributed by atoms with Crippen molar-refractivity contribution in [3.63, 3.8) is 0 Å². The van der Waals surface area contributed by atoms with Gasteiger partial charge < -0.3 is 10.1 Å². The van der Waals surface area contributed by atoms with E-state index in [9.17, 15) is 9.59 Å². The molecule has 0 unspecified atom stereocenters. The van der Waals surface area contributed by atoms with Gasteiger partial charge >= 0.3 is 0 Å². The number of nitrogens with zero attached hydrogens (tertiary/aromatic N) is 3. The van der Waals surface area contributed by atoms with E-state index in [4.69, 9.17) is 4.74 Å². The lowest BCUT2D eigenvalue weighted by atomic mass is 10.0. The molecule has 1 aromatic heterocycles. The quantitative estimate of drug-likeness (QED) is 0.712. The molecule has 2 amide bonds. The molecule has 0 radical (unpaired) electrons. The van der Waals surface area contributed by atoms with E-state index in [0.29, 0.717) is 11.7 Å². The van der Waals surface area contributed by atoms with Crippen LogP contribution in [0, 0.1) is 6.92 Å². The first kappa shape index (κ1) is 17.7. The Morgan fingerprint density at radius 1 is 1.29 bits per heavy atom. The Hall–Kier alpha value is -3.68. The number of carbonyl (C=O) groups is 2. The summed E-state index contributed by atoms with van der Waals surface area (Å²) in [6, 6.07) is 14.6. The molecule has 2 N–H and O–H groups in total. The van der Waals surface area contributed by atoms with Crippen molar-refractivity contribution in [2.75, 3.05) is 17.2 Å². The minimum Gasteiger partial charge on any atom is -0.484 e. The number of rotatable bonds is 5. The second kappa shape index (κ2) is 7.51. The van der Waals surface area contributed by atoms with E-state index in [0.717, 1.165) is 16.8 Å². The summed E-state index contributed by atoms with van der Waals surface area (Å²) >= 11 is 0. The zero-order chi connectivity index (χ0) is 19.5. The van der Waals surface area contributed by atoms with Gasteiger partial charge in [0.2, 0.25) is 11.9 Å². The summed E-state index contributed by atoms with van der Waals surface area (Å²) in [4.78, 5) is 28.1. The second-order valence-corrected chi connectivity index (χ2v) is 6.57. The van der Waals surface area contributed by atoms with Gasteiger partial charge in [0, 0.05) is 5.69 Å². The first-order chi connectivity index (χ1) is 13.6. The van der Waals surface area contributed by atoms with Crippen molar-refractivity contribution in [1.82, 2.24) is 14.8 Å². The van der Waals surface area contributed by atoms with Crippen LogP contribution in [0.25, 0.3) is 0 Å². The normalized spacial score (nSPS) is 15.5. The fourth-order valence-electron chi connectivity index (χ4n) is 3.06. The van der Waals surface area contributed by atoms with Crippen molar-refractivity contribution in [3.05, 3.63) is 66.0 Å². The SMILES string of the molecule is Cc1ccc(NC(=O)COc2cccc([C@@H]3CC(=O)Nc4ncnn43)c2)cc1. The van der Waals surface area contributed by atoms with Crippen molar-refractivity contribution in [2.45, 2.75) is 19.4 Å². The van der Waals surface area contributed by atoms with Gasteiger partial charge in [0.15, 0.2) is 6.61 Å². The first-order valence-electron chi connectivity index (χ1n) is 8.87. The van der Waals surface area contributed by atoms with Crippen LogP contribution >= 0.6 is 0 Å². The third-order valence-electron chi connectivity index (χ3n) is 4.45. The lowest BCUT2D eigenvalue weighted by Gasteiger charge is -2.24. The summed E-state index contributed by atoms with van der Waals surface area (Å²) in [5.41, 5.74) is 2.70. The molecule has 2 aromatic carbocycles. The molecule has 0 spiro atoms. The van der Waals surface area contributed by atoms with Crippen molar-refractivity contribution in [3.8, 4) is 5.75 Å². The minimum absolute atomic E-state index is 0.114. The molecule has 8 heteroatoms. The van der Waals surface area contributed by atoms with Crippen molar-refractivity contribution < 1.29 is 14.3 Å². The molecule has 0 saturated carbocycles. The summed E-state index contributed by atoms with van der Waals surface area (Å²) in [5, 5.41) is 9.67. The molecular weight excluding hydrogens is 358 g/mol. The number of nitrogens with one attached hydrogen (secondary N) is 2. The van der Waals surface area contributed by atoms with Crippen LogP contribution in [0.5, 0.6) is 5.75 Å². The summed E-state index contributed by atoms with van der Waals surface area (Å²) < 4.78 is 7.30. The first-order valence-corrected chi connectivity index (χ1v) is 8.87. The molecule has 3 aromatic rings. The van der Waals surface area contributed by atoms with Gasteiger partial charge in [-0.2, -0.15) is 10.1 Å². The number of aromatic nitrogens is 3. The Morgan fingerprint density at radius 2 is 2.11 bits per heavy atom. The smallest absolute Gasteiger partial charge is 0.262 e. The lowest BCUT2D eigenvalue weighted by molar-refractivity contribution is -0.118. The van der Waals surface area contributed by atoms with Gasteiger partial charge in [-0.1, -0.05) is 29.8 Å². The molecule has 0 aliphatic carbocycles. The van der Waals surface area contributed by atoms with E-state index in [1.165, 1.54) is 6.33 Å². The summed E-state index contributed by atoms with van der Waals surface area (Å²) in [5.74, 6) is 0.605. The summed E-state index contributed by atoms with van der Waals surface area (Å²) in [6.07, 6.45) is 1.66. The van der Waals surface area contributed by atoms with Gasteiger partial charge in [0.1, 0.15) is 12.1 Å². The van der Waals surface area contributed by atoms with Crippen molar-refractivity contribution in [2.24, 2.45) is 0 Å². The van der Waals surface area contributed by atoms with Crippen LogP contribution in [0.15, 0.2) is 54.9 Å². The number of anilines is 2. The molecule has 1 aliphatic rings. The third-order valence-corrected chi connectivity index (χ3v) is 4.45. The number of aryl methyl sites for hydroxylation is 1. The van der Waals surface area contributed by atoms with E-state index < -0.39 is 0 Å². The predicted octanol–water partition coefficient (Wildman–Crippen LogP) is 2.54. The number of hydrogen-bond donors (Lipinski definition) is 2. The molecule has 1 aliphatic heterocycles. The molecule has 1 atom stereocenters.